The zero-order valence-electron chi connectivity index (χ0n) is 11.4. The second-order valence-corrected chi connectivity index (χ2v) is 12.8. The molecule has 0 saturated heterocycles. The summed E-state index contributed by atoms with van der Waals surface area (Å²) in [5.41, 5.74) is 1.10. The molecule has 0 amide bonds. The van der Waals surface area contributed by atoms with E-state index in [-0.39, 0.29) is 0 Å². The fourth-order valence-electron chi connectivity index (χ4n) is 1.52. The maximum absolute atomic E-state index is 9.79. The van der Waals surface area contributed by atoms with E-state index in [0.29, 0.717) is 5.75 Å². The number of unbranched alkanes of at least 4 members (excludes halogenated alkanes) is 1. The van der Waals surface area contributed by atoms with Gasteiger partial charge in [-0.25, -0.2) is 0 Å². The van der Waals surface area contributed by atoms with Crippen molar-refractivity contribution in [2.75, 3.05) is 5.38 Å². The van der Waals surface area contributed by atoms with Crippen LogP contribution in [0.3, 0.4) is 0 Å². The van der Waals surface area contributed by atoms with Crippen molar-refractivity contribution in [1.29, 1.82) is 0 Å². The van der Waals surface area contributed by atoms with Gasteiger partial charge in [-0.2, -0.15) is 0 Å². The van der Waals surface area contributed by atoms with Gasteiger partial charge in [0.05, 0.1) is 8.07 Å². The summed E-state index contributed by atoms with van der Waals surface area (Å²) >= 11 is 1.93. The van der Waals surface area contributed by atoms with E-state index in [9.17, 15) is 5.11 Å². The summed E-state index contributed by atoms with van der Waals surface area (Å²) < 4.78 is 0. The number of phenolic OH excluding ortho intramolecular Hbond substituents is 1. The van der Waals surface area contributed by atoms with E-state index in [0.717, 1.165) is 18.4 Å². The Kier molecular flexibility index (Phi) is 5.60. The standard InChI is InChI=1S/C14H24OSSi/c1-5-6-7-12-10-13(8-9-14(12)15)16-11-17(2,3)4/h8-10,15H,5-7,11H2,1-4H3. The van der Waals surface area contributed by atoms with Crippen LogP contribution in [-0.2, 0) is 6.42 Å². The molecule has 1 aromatic rings. The van der Waals surface area contributed by atoms with Gasteiger partial charge >= 0.3 is 0 Å². The van der Waals surface area contributed by atoms with Crippen LogP contribution in [0.1, 0.15) is 25.3 Å². The number of benzene rings is 1. The monoisotopic (exact) mass is 268 g/mol. The third-order valence-corrected chi connectivity index (χ3v) is 7.15. The van der Waals surface area contributed by atoms with Gasteiger partial charge in [-0.3, -0.25) is 0 Å². The Morgan fingerprint density at radius 2 is 1.94 bits per heavy atom. The van der Waals surface area contributed by atoms with Crippen molar-refractivity contribution in [1.82, 2.24) is 0 Å². The summed E-state index contributed by atoms with van der Waals surface area (Å²) in [6.45, 7) is 9.34. The van der Waals surface area contributed by atoms with Crippen LogP contribution < -0.4 is 0 Å². The van der Waals surface area contributed by atoms with Crippen molar-refractivity contribution in [3.05, 3.63) is 23.8 Å². The summed E-state index contributed by atoms with van der Waals surface area (Å²) in [6.07, 6.45) is 3.31. The summed E-state index contributed by atoms with van der Waals surface area (Å²) in [5.74, 6) is 0.454. The number of aryl methyl sites for hydroxylation is 1. The molecule has 1 N–H and O–H groups in total. The van der Waals surface area contributed by atoms with Crippen LogP contribution in [-0.4, -0.2) is 18.6 Å². The van der Waals surface area contributed by atoms with Gasteiger partial charge in [0.15, 0.2) is 0 Å². The zero-order valence-corrected chi connectivity index (χ0v) is 13.2. The molecule has 1 rings (SSSR count). The lowest BCUT2D eigenvalue weighted by molar-refractivity contribution is 0.466. The van der Waals surface area contributed by atoms with Crippen LogP contribution in [0.4, 0.5) is 0 Å². The van der Waals surface area contributed by atoms with Gasteiger partial charge in [-0.1, -0.05) is 33.0 Å². The Balaban J connectivity index is 2.67. The van der Waals surface area contributed by atoms with E-state index >= 15 is 0 Å². The number of rotatable bonds is 6. The molecule has 0 atom stereocenters. The quantitative estimate of drug-likeness (QED) is 0.596. The van der Waals surface area contributed by atoms with Crippen molar-refractivity contribution < 1.29 is 5.11 Å². The van der Waals surface area contributed by atoms with E-state index in [1.165, 1.54) is 16.7 Å². The fraction of sp³-hybridized carbons (Fsp3) is 0.571. The van der Waals surface area contributed by atoms with E-state index in [4.69, 9.17) is 0 Å². The third kappa shape index (κ3) is 5.64. The van der Waals surface area contributed by atoms with Crippen LogP contribution in [0, 0.1) is 0 Å². The lowest BCUT2D eigenvalue weighted by Gasteiger charge is -2.15. The minimum Gasteiger partial charge on any atom is -0.508 e. The summed E-state index contributed by atoms with van der Waals surface area (Å²) in [6, 6.07) is 6.04. The minimum absolute atomic E-state index is 0.454. The average Bonchev–Trinajstić information content (AvgIpc) is 2.25. The first kappa shape index (κ1) is 14.6. The highest BCUT2D eigenvalue weighted by molar-refractivity contribution is 8.01. The molecule has 0 aliphatic carbocycles. The second-order valence-electron chi connectivity index (χ2n) is 5.74. The number of aromatic hydroxyl groups is 1. The largest absolute Gasteiger partial charge is 0.508 e. The summed E-state index contributed by atoms with van der Waals surface area (Å²) in [5, 5.41) is 11.0. The highest BCUT2D eigenvalue weighted by Gasteiger charge is 2.13. The molecule has 1 nitrogen and oxygen atoms in total. The van der Waals surface area contributed by atoms with Gasteiger partial charge in [-0.05, 0) is 42.0 Å². The van der Waals surface area contributed by atoms with Crippen molar-refractivity contribution in [3.8, 4) is 5.75 Å². The van der Waals surface area contributed by atoms with Gasteiger partial charge in [0.1, 0.15) is 5.75 Å². The van der Waals surface area contributed by atoms with Crippen LogP contribution >= 0.6 is 11.8 Å². The molecule has 0 aliphatic rings. The maximum atomic E-state index is 9.79. The molecule has 3 heteroatoms. The van der Waals surface area contributed by atoms with Gasteiger partial charge in [0.25, 0.3) is 0 Å². The first-order valence-corrected chi connectivity index (χ1v) is 11.1. The molecule has 0 spiro atoms. The predicted octanol–water partition coefficient (Wildman–Crippen LogP) is 4.70. The molecular weight excluding hydrogens is 244 g/mol. The van der Waals surface area contributed by atoms with Gasteiger partial charge in [-0.15, -0.1) is 11.8 Å². The van der Waals surface area contributed by atoms with Crippen molar-refractivity contribution in [3.63, 3.8) is 0 Å². The Morgan fingerprint density at radius 3 is 2.53 bits per heavy atom. The Labute approximate surface area is 111 Å². The Morgan fingerprint density at radius 1 is 1.24 bits per heavy atom. The van der Waals surface area contributed by atoms with Crippen LogP contribution in [0.5, 0.6) is 5.75 Å². The molecule has 96 valence electrons. The third-order valence-electron chi connectivity index (χ3n) is 2.52. The molecule has 0 aromatic heterocycles. The lowest BCUT2D eigenvalue weighted by Crippen LogP contribution is -2.23. The van der Waals surface area contributed by atoms with Crippen molar-refractivity contribution in [2.24, 2.45) is 0 Å². The lowest BCUT2D eigenvalue weighted by atomic mass is 10.1. The van der Waals surface area contributed by atoms with E-state index < -0.39 is 8.07 Å². The van der Waals surface area contributed by atoms with Gasteiger partial charge < -0.3 is 5.11 Å². The topological polar surface area (TPSA) is 20.2 Å². The smallest absolute Gasteiger partial charge is 0.118 e. The number of hydrogen-bond acceptors (Lipinski definition) is 2. The molecule has 1 aromatic carbocycles. The molecule has 0 fully saturated rings. The molecule has 0 saturated carbocycles. The highest BCUT2D eigenvalue weighted by atomic mass is 32.2. The van der Waals surface area contributed by atoms with E-state index in [1.807, 2.05) is 23.9 Å². The molecule has 0 unspecified atom stereocenters. The van der Waals surface area contributed by atoms with Crippen molar-refractivity contribution >= 4 is 19.8 Å². The first-order chi connectivity index (χ1) is 7.92. The van der Waals surface area contributed by atoms with Gasteiger partial charge in [0, 0.05) is 4.90 Å². The highest BCUT2D eigenvalue weighted by Crippen LogP contribution is 2.28. The SMILES string of the molecule is CCCCc1cc(SC[Si](C)(C)C)ccc1O. The van der Waals surface area contributed by atoms with Crippen LogP contribution in [0.2, 0.25) is 19.6 Å². The van der Waals surface area contributed by atoms with E-state index in [1.54, 1.807) is 0 Å². The molecular formula is C14H24OSSi. The molecule has 0 radical (unpaired) electrons. The zero-order chi connectivity index (χ0) is 12.9. The van der Waals surface area contributed by atoms with E-state index in [2.05, 4.69) is 32.6 Å². The van der Waals surface area contributed by atoms with Gasteiger partial charge in [0.2, 0.25) is 0 Å². The second kappa shape index (κ2) is 6.50. The normalized spacial score (nSPS) is 11.8. The molecule has 0 bridgehead atoms. The van der Waals surface area contributed by atoms with Crippen LogP contribution in [0.15, 0.2) is 23.1 Å². The number of hydrogen-bond donors (Lipinski definition) is 1. The maximum Gasteiger partial charge on any atom is 0.118 e. The average molecular weight is 268 g/mol. The number of phenols is 1. The molecule has 0 aliphatic heterocycles. The number of thioether (sulfide) groups is 1. The van der Waals surface area contributed by atoms with Crippen molar-refractivity contribution in [2.45, 2.75) is 50.7 Å². The Hall–Kier alpha value is -0.413. The van der Waals surface area contributed by atoms with Crippen LogP contribution in [0.25, 0.3) is 0 Å². The molecule has 17 heavy (non-hydrogen) atoms. The fourth-order valence-corrected chi connectivity index (χ4v) is 4.31. The summed E-state index contributed by atoms with van der Waals surface area (Å²) in [7, 11) is -0.996. The first-order valence-electron chi connectivity index (χ1n) is 6.37. The molecule has 0 heterocycles. The Bertz CT molecular complexity index is 358. The minimum atomic E-state index is -0.996. The summed E-state index contributed by atoms with van der Waals surface area (Å²) in [4.78, 5) is 1.30. The predicted molar refractivity (Wildman–Crippen MR) is 80.8 cm³/mol.